The second-order valence-electron chi connectivity index (χ2n) is 3.93. The smallest absolute Gasteiger partial charge is 0.0453 e. The van der Waals surface area contributed by atoms with Gasteiger partial charge in [-0.2, -0.15) is 0 Å². The minimum atomic E-state index is 0.327. The van der Waals surface area contributed by atoms with Crippen LogP contribution in [0.5, 0.6) is 0 Å². The zero-order chi connectivity index (χ0) is 10.8. The fourth-order valence-electron chi connectivity index (χ4n) is 1.87. The molecule has 0 bridgehead atoms. The molecular formula is C11H15BrN2S. The lowest BCUT2D eigenvalue weighted by molar-refractivity contribution is 0.716. The van der Waals surface area contributed by atoms with Gasteiger partial charge >= 0.3 is 0 Å². The molecule has 0 aromatic heterocycles. The third-order valence-electron chi connectivity index (χ3n) is 2.76. The van der Waals surface area contributed by atoms with E-state index in [-0.39, 0.29) is 0 Å². The van der Waals surface area contributed by atoms with E-state index in [1.807, 2.05) is 23.9 Å². The highest BCUT2D eigenvalue weighted by molar-refractivity contribution is 9.10. The van der Waals surface area contributed by atoms with Gasteiger partial charge in [-0.1, -0.05) is 22.4 Å². The summed E-state index contributed by atoms with van der Waals surface area (Å²) in [5.41, 5.74) is 12.8. The zero-order valence-corrected chi connectivity index (χ0v) is 10.9. The van der Waals surface area contributed by atoms with Crippen LogP contribution in [0.3, 0.4) is 0 Å². The van der Waals surface area contributed by atoms with Crippen molar-refractivity contribution in [3.63, 3.8) is 0 Å². The van der Waals surface area contributed by atoms with E-state index < -0.39 is 0 Å². The highest BCUT2D eigenvalue weighted by Crippen LogP contribution is 2.37. The number of benzene rings is 1. The molecule has 0 amide bonds. The molecular weight excluding hydrogens is 272 g/mol. The SMILES string of the molecule is Nc1ccc(Br)cc1SC1CCCC1N. The molecule has 4 N–H and O–H groups in total. The van der Waals surface area contributed by atoms with Gasteiger partial charge in [0, 0.05) is 26.3 Å². The Bertz CT molecular complexity index is 356. The Hall–Kier alpha value is -0.190. The lowest BCUT2D eigenvalue weighted by atomic mass is 10.3. The highest BCUT2D eigenvalue weighted by Gasteiger charge is 2.25. The maximum Gasteiger partial charge on any atom is 0.0453 e. The molecule has 1 aromatic carbocycles. The number of anilines is 1. The van der Waals surface area contributed by atoms with E-state index in [1.165, 1.54) is 12.8 Å². The Kier molecular flexibility index (Phi) is 3.59. The van der Waals surface area contributed by atoms with Crippen LogP contribution in [0.15, 0.2) is 27.6 Å². The van der Waals surface area contributed by atoms with Crippen molar-refractivity contribution < 1.29 is 0 Å². The first-order valence-corrected chi connectivity index (χ1v) is 6.81. The Morgan fingerprint density at radius 2 is 2.13 bits per heavy atom. The third kappa shape index (κ3) is 2.68. The molecule has 0 heterocycles. The molecule has 2 nitrogen and oxygen atoms in total. The molecule has 1 fully saturated rings. The van der Waals surface area contributed by atoms with E-state index in [4.69, 9.17) is 11.5 Å². The Balaban J connectivity index is 2.12. The van der Waals surface area contributed by atoms with Crippen molar-refractivity contribution in [2.45, 2.75) is 35.4 Å². The predicted octanol–water partition coefficient (Wildman–Crippen LogP) is 3.00. The van der Waals surface area contributed by atoms with Crippen molar-refractivity contribution in [1.82, 2.24) is 0 Å². The van der Waals surface area contributed by atoms with Gasteiger partial charge < -0.3 is 11.5 Å². The zero-order valence-electron chi connectivity index (χ0n) is 8.45. The molecule has 0 radical (unpaired) electrons. The van der Waals surface area contributed by atoms with Gasteiger partial charge in [0.05, 0.1) is 0 Å². The topological polar surface area (TPSA) is 52.0 Å². The van der Waals surface area contributed by atoms with Crippen molar-refractivity contribution >= 4 is 33.4 Å². The summed E-state index contributed by atoms with van der Waals surface area (Å²) in [4.78, 5) is 1.15. The normalized spacial score (nSPS) is 25.7. The average Bonchev–Trinajstić information content (AvgIpc) is 2.58. The quantitative estimate of drug-likeness (QED) is 0.822. The summed E-state index contributed by atoms with van der Waals surface area (Å²) in [6.07, 6.45) is 3.59. The van der Waals surface area contributed by atoms with Crippen LogP contribution in [0.1, 0.15) is 19.3 Å². The minimum Gasteiger partial charge on any atom is -0.398 e. The van der Waals surface area contributed by atoms with Crippen molar-refractivity contribution in [2.75, 3.05) is 5.73 Å². The van der Waals surface area contributed by atoms with Crippen LogP contribution >= 0.6 is 27.7 Å². The van der Waals surface area contributed by atoms with Gasteiger partial charge in [0.2, 0.25) is 0 Å². The number of nitrogens with two attached hydrogens (primary N) is 2. The minimum absolute atomic E-state index is 0.327. The lowest BCUT2D eigenvalue weighted by Crippen LogP contribution is -2.26. The van der Waals surface area contributed by atoms with E-state index in [0.717, 1.165) is 21.5 Å². The van der Waals surface area contributed by atoms with Gasteiger partial charge in [-0.25, -0.2) is 0 Å². The number of hydrogen-bond acceptors (Lipinski definition) is 3. The molecule has 1 aliphatic rings. The van der Waals surface area contributed by atoms with Crippen LogP contribution in [-0.4, -0.2) is 11.3 Å². The van der Waals surface area contributed by atoms with Crippen molar-refractivity contribution in [3.8, 4) is 0 Å². The number of thioether (sulfide) groups is 1. The highest BCUT2D eigenvalue weighted by atomic mass is 79.9. The summed E-state index contributed by atoms with van der Waals surface area (Å²) in [5, 5.41) is 0.529. The fraction of sp³-hybridized carbons (Fsp3) is 0.455. The summed E-state index contributed by atoms with van der Waals surface area (Å²) in [6, 6.07) is 6.31. The molecule has 1 saturated carbocycles. The molecule has 15 heavy (non-hydrogen) atoms. The Morgan fingerprint density at radius 3 is 2.80 bits per heavy atom. The van der Waals surface area contributed by atoms with Crippen LogP contribution in [0, 0.1) is 0 Å². The standard InChI is InChI=1S/C11H15BrN2S/c12-7-4-5-9(14)11(6-7)15-10-3-1-2-8(10)13/h4-6,8,10H,1-3,13-14H2. The molecule has 0 spiro atoms. The van der Waals surface area contributed by atoms with Gasteiger partial charge in [0.15, 0.2) is 0 Å². The van der Waals surface area contributed by atoms with Crippen molar-refractivity contribution in [3.05, 3.63) is 22.7 Å². The number of halogens is 1. The fourth-order valence-corrected chi connectivity index (χ4v) is 3.71. The van der Waals surface area contributed by atoms with E-state index in [2.05, 4.69) is 22.0 Å². The molecule has 0 aliphatic heterocycles. The first-order chi connectivity index (χ1) is 7.16. The largest absolute Gasteiger partial charge is 0.398 e. The second-order valence-corrected chi connectivity index (χ2v) is 6.13. The van der Waals surface area contributed by atoms with Gasteiger partial charge in [-0.15, -0.1) is 11.8 Å². The summed E-state index contributed by atoms with van der Waals surface area (Å²) < 4.78 is 1.07. The number of rotatable bonds is 2. The lowest BCUT2D eigenvalue weighted by Gasteiger charge is -2.16. The van der Waals surface area contributed by atoms with Crippen molar-refractivity contribution in [1.29, 1.82) is 0 Å². The van der Waals surface area contributed by atoms with Gasteiger partial charge in [-0.3, -0.25) is 0 Å². The van der Waals surface area contributed by atoms with Gasteiger partial charge in [0.1, 0.15) is 0 Å². The van der Waals surface area contributed by atoms with Crippen molar-refractivity contribution in [2.24, 2.45) is 5.73 Å². The molecule has 0 saturated heterocycles. The average molecular weight is 287 g/mol. The monoisotopic (exact) mass is 286 g/mol. The predicted molar refractivity (Wildman–Crippen MR) is 70.0 cm³/mol. The van der Waals surface area contributed by atoms with Crippen LogP contribution in [0.25, 0.3) is 0 Å². The Labute approximate surface area is 103 Å². The van der Waals surface area contributed by atoms with E-state index in [9.17, 15) is 0 Å². The third-order valence-corrected chi connectivity index (χ3v) is 4.75. The molecule has 2 unspecified atom stereocenters. The Morgan fingerprint density at radius 1 is 1.33 bits per heavy atom. The van der Waals surface area contributed by atoms with Crippen LogP contribution in [0.2, 0.25) is 0 Å². The maximum absolute atomic E-state index is 6.04. The summed E-state index contributed by atoms with van der Waals surface area (Å²) in [7, 11) is 0. The molecule has 1 aliphatic carbocycles. The van der Waals surface area contributed by atoms with Crippen LogP contribution in [0.4, 0.5) is 5.69 Å². The molecule has 2 atom stereocenters. The van der Waals surface area contributed by atoms with E-state index in [1.54, 1.807) is 0 Å². The first-order valence-electron chi connectivity index (χ1n) is 5.14. The maximum atomic E-state index is 6.04. The summed E-state index contributed by atoms with van der Waals surface area (Å²) in [6.45, 7) is 0. The van der Waals surface area contributed by atoms with Crippen LogP contribution < -0.4 is 11.5 Å². The second kappa shape index (κ2) is 4.76. The molecule has 2 rings (SSSR count). The van der Waals surface area contributed by atoms with Crippen LogP contribution in [-0.2, 0) is 0 Å². The van der Waals surface area contributed by atoms with E-state index >= 15 is 0 Å². The first kappa shape index (κ1) is 11.3. The molecule has 1 aromatic rings. The molecule has 4 heteroatoms. The van der Waals surface area contributed by atoms with E-state index in [0.29, 0.717) is 11.3 Å². The summed E-state index contributed by atoms with van der Waals surface area (Å²) in [5.74, 6) is 0. The number of nitrogen functional groups attached to an aromatic ring is 1. The van der Waals surface area contributed by atoms with Gasteiger partial charge in [0.25, 0.3) is 0 Å². The summed E-state index contributed by atoms with van der Waals surface area (Å²) >= 11 is 5.28. The molecule has 82 valence electrons. The number of hydrogen-bond donors (Lipinski definition) is 2. The van der Waals surface area contributed by atoms with Gasteiger partial charge in [-0.05, 0) is 31.0 Å².